The highest BCUT2D eigenvalue weighted by molar-refractivity contribution is 5.98. The lowest BCUT2D eigenvalue weighted by molar-refractivity contribution is 0.436. The Hall–Kier alpha value is -18.1. The van der Waals surface area contributed by atoms with E-state index >= 15 is 0 Å². The van der Waals surface area contributed by atoms with Crippen LogP contribution in [0.1, 0.15) is 44.5 Å². The largest absolute Gasteiger partial charge is 0.457 e. The molecule has 0 unspecified atom stereocenters. The van der Waals surface area contributed by atoms with E-state index in [4.69, 9.17) is 47.1 Å². The molecular formula is C126H74N4O6. The summed E-state index contributed by atoms with van der Waals surface area (Å²) in [5, 5.41) is 0. The van der Waals surface area contributed by atoms with E-state index in [1.54, 1.807) is 0 Å². The summed E-state index contributed by atoms with van der Waals surface area (Å²) in [6.07, 6.45) is 0. The molecule has 0 fully saturated rings. The zero-order valence-corrected chi connectivity index (χ0v) is 73.0. The van der Waals surface area contributed by atoms with Gasteiger partial charge in [-0.3, -0.25) is 0 Å². The summed E-state index contributed by atoms with van der Waals surface area (Å²) in [5.41, 5.74) is 41.1. The van der Waals surface area contributed by atoms with Crippen molar-refractivity contribution in [3.63, 3.8) is 0 Å². The first-order valence-electron chi connectivity index (χ1n) is 46.0. The minimum absolute atomic E-state index is 0.525. The van der Waals surface area contributed by atoms with Gasteiger partial charge < -0.3 is 27.1 Å². The van der Waals surface area contributed by atoms with Crippen LogP contribution in [0.25, 0.3) is 213 Å². The lowest BCUT2D eigenvalue weighted by Gasteiger charge is -2.39. The SMILES string of the molecule is c1ccc(-c2nc3cc(-c4cc(-c5ccc(-c6ccc7c(c6)C6(c8ccccc8Oc8ccccc86)c6ccccc6-7)cc5)cc(-c5ccc6oc(-c7ccccc7-c7ccc8c(c7)-c7ccc(-c9ccc(-c%10cc(-c%11ccc%12nc(-c%13ccccc%13)oc%12c%11)cc(-c%11ccc%12nc(-c%13ccccc%13)oc%12c%11)c%10)cc9)cc7C87c8ccccc8Oc8ccccc87)nc6c5)c4)ccc3o2)cc1. The molecule has 28 rings (SSSR count). The summed E-state index contributed by atoms with van der Waals surface area (Å²) >= 11 is 0. The number of para-hydroxylation sites is 4. The van der Waals surface area contributed by atoms with Crippen LogP contribution in [0.15, 0.2) is 467 Å². The molecule has 634 valence electrons. The van der Waals surface area contributed by atoms with E-state index < -0.39 is 10.8 Å². The summed E-state index contributed by atoms with van der Waals surface area (Å²) in [7, 11) is 0. The molecule has 0 amide bonds. The van der Waals surface area contributed by atoms with E-state index in [2.05, 4.69) is 340 Å². The van der Waals surface area contributed by atoms with Crippen molar-refractivity contribution in [3.8, 4) is 191 Å². The smallest absolute Gasteiger partial charge is 0.227 e. The lowest BCUT2D eigenvalue weighted by atomic mass is 9.66. The van der Waals surface area contributed by atoms with E-state index in [0.717, 1.165) is 206 Å². The molecule has 24 aromatic rings. The number of benzene rings is 20. The third-order valence-electron chi connectivity index (χ3n) is 28.2. The van der Waals surface area contributed by atoms with Gasteiger partial charge in [0.15, 0.2) is 22.3 Å². The lowest BCUT2D eigenvalue weighted by Crippen LogP contribution is -2.32. The van der Waals surface area contributed by atoms with Gasteiger partial charge in [0.05, 0.1) is 10.8 Å². The predicted molar refractivity (Wildman–Crippen MR) is 542 cm³/mol. The molecule has 6 heterocycles. The molecule has 4 aromatic heterocycles. The number of fused-ring (bicyclic) bond motifs is 22. The van der Waals surface area contributed by atoms with Crippen LogP contribution in [0.2, 0.25) is 0 Å². The number of hydrogen-bond donors (Lipinski definition) is 0. The molecule has 0 radical (unpaired) electrons. The summed E-state index contributed by atoms with van der Waals surface area (Å²) in [6.45, 7) is 0. The molecule has 4 aliphatic rings. The average Bonchev–Trinajstić information content (AvgIpc) is 1.49. The van der Waals surface area contributed by atoms with Gasteiger partial charge >= 0.3 is 0 Å². The van der Waals surface area contributed by atoms with E-state index in [9.17, 15) is 0 Å². The third kappa shape index (κ3) is 12.1. The van der Waals surface area contributed by atoms with Gasteiger partial charge in [0.1, 0.15) is 45.1 Å². The van der Waals surface area contributed by atoms with Crippen LogP contribution in [-0.4, -0.2) is 19.9 Å². The van der Waals surface area contributed by atoms with Gasteiger partial charge in [0.2, 0.25) is 23.6 Å². The second kappa shape index (κ2) is 30.2. The topological polar surface area (TPSA) is 123 Å². The minimum Gasteiger partial charge on any atom is -0.457 e. The van der Waals surface area contributed by atoms with Crippen LogP contribution in [-0.2, 0) is 10.8 Å². The molecule has 0 N–H and O–H groups in total. The van der Waals surface area contributed by atoms with Gasteiger partial charge in [-0.1, -0.05) is 279 Å². The van der Waals surface area contributed by atoms with Gasteiger partial charge in [0.25, 0.3) is 0 Å². The highest BCUT2D eigenvalue weighted by Gasteiger charge is 2.53. The summed E-state index contributed by atoms with van der Waals surface area (Å²) in [4.78, 5) is 20.3. The first kappa shape index (κ1) is 76.7. The molecule has 2 spiro atoms. The van der Waals surface area contributed by atoms with Crippen LogP contribution in [0.3, 0.4) is 0 Å². The van der Waals surface area contributed by atoms with Crippen molar-refractivity contribution in [3.05, 3.63) is 493 Å². The van der Waals surface area contributed by atoms with Crippen molar-refractivity contribution in [2.45, 2.75) is 10.8 Å². The fraction of sp³-hybridized carbons (Fsp3) is 0.0159. The molecule has 20 aromatic carbocycles. The number of ether oxygens (including phenoxy) is 2. The van der Waals surface area contributed by atoms with Crippen LogP contribution >= 0.6 is 0 Å². The first-order chi connectivity index (χ1) is 67.3. The Bertz CT molecular complexity index is 8830. The Morgan fingerprint density at radius 2 is 0.426 bits per heavy atom. The van der Waals surface area contributed by atoms with E-state index in [0.29, 0.717) is 40.3 Å². The van der Waals surface area contributed by atoms with Crippen LogP contribution in [0.4, 0.5) is 0 Å². The average molecular weight is 1740 g/mol. The van der Waals surface area contributed by atoms with Crippen molar-refractivity contribution in [1.29, 1.82) is 0 Å². The summed E-state index contributed by atoms with van der Waals surface area (Å²) in [5.74, 6) is 5.66. The van der Waals surface area contributed by atoms with Gasteiger partial charge in [0, 0.05) is 44.5 Å². The summed E-state index contributed by atoms with van der Waals surface area (Å²) < 4.78 is 40.0. The Morgan fingerprint density at radius 1 is 0.140 bits per heavy atom. The van der Waals surface area contributed by atoms with Crippen molar-refractivity contribution in [2.75, 3.05) is 0 Å². The predicted octanol–water partition coefficient (Wildman–Crippen LogP) is 32.9. The van der Waals surface area contributed by atoms with Crippen molar-refractivity contribution >= 4 is 44.4 Å². The van der Waals surface area contributed by atoms with Gasteiger partial charge in [-0.15, -0.1) is 0 Å². The number of nitrogens with zero attached hydrogens (tertiary/aromatic N) is 4. The molecular weight excluding hydrogens is 1670 g/mol. The highest BCUT2D eigenvalue weighted by atomic mass is 16.5. The molecule has 136 heavy (non-hydrogen) atoms. The van der Waals surface area contributed by atoms with Crippen LogP contribution in [0.5, 0.6) is 23.0 Å². The van der Waals surface area contributed by atoms with E-state index in [1.807, 2.05) is 109 Å². The number of hydrogen-bond acceptors (Lipinski definition) is 10. The molecule has 0 saturated heterocycles. The molecule has 2 aliphatic carbocycles. The van der Waals surface area contributed by atoms with Gasteiger partial charge in [-0.05, 0) is 315 Å². The minimum atomic E-state index is -0.757. The maximum atomic E-state index is 6.97. The van der Waals surface area contributed by atoms with Crippen LogP contribution in [0, 0.1) is 0 Å². The molecule has 2 aliphatic heterocycles. The Balaban J connectivity index is 0.526. The standard InChI is InChI=1S/C126H74N4O6/c1-4-22-79(23-5-1)121-127-109-58-51-86(73-119(109)135-121)93-64-90(65-94(67-93)87-52-59-110-120(74-87)136-122(128-110)80-24-6-2-7-25-80)78-46-42-76(43-47-78)83-49-56-98-100-68-88(50-57-102(100)126(108(98)70-83)105-34-16-20-38-115(105)132-116-39-21-17-35-106(116)126)95-28-10-11-30-99(95)124-130-112-72-85(54-61-118(112)134-124)92-63-89(62-91(66-92)84-53-60-117-111(71-84)129-123(133-117)81-26-8-3-9-27-81)77-44-40-75(41-45-77)82-48-55-97-96-29-12-13-31-101(96)125(107(97)69-82)103-32-14-18-36-113(103)131-114-37-19-15-33-104(114)125/h1-74H. The molecule has 0 bridgehead atoms. The van der Waals surface area contributed by atoms with E-state index in [1.165, 1.54) is 33.4 Å². The zero-order valence-electron chi connectivity index (χ0n) is 73.0. The van der Waals surface area contributed by atoms with Crippen molar-refractivity contribution < 1.29 is 27.1 Å². The highest BCUT2D eigenvalue weighted by Crippen LogP contribution is 2.65. The maximum Gasteiger partial charge on any atom is 0.227 e. The normalized spacial score (nSPS) is 13.1. The fourth-order valence-electron chi connectivity index (χ4n) is 21.8. The van der Waals surface area contributed by atoms with Crippen LogP contribution < -0.4 is 9.47 Å². The zero-order chi connectivity index (χ0) is 89.3. The number of aromatic nitrogens is 4. The molecule has 0 saturated carbocycles. The molecule has 0 atom stereocenters. The quantitative estimate of drug-likeness (QED) is 0.110. The first-order valence-corrected chi connectivity index (χ1v) is 46.0. The van der Waals surface area contributed by atoms with Gasteiger partial charge in [-0.25, -0.2) is 19.9 Å². The van der Waals surface area contributed by atoms with Crippen molar-refractivity contribution in [2.24, 2.45) is 0 Å². The van der Waals surface area contributed by atoms with Crippen molar-refractivity contribution in [1.82, 2.24) is 19.9 Å². The second-order valence-electron chi connectivity index (χ2n) is 35.7. The summed E-state index contributed by atoms with van der Waals surface area (Å²) in [6, 6.07) is 160. The maximum absolute atomic E-state index is 6.97. The Morgan fingerprint density at radius 3 is 0.868 bits per heavy atom. The third-order valence-corrected chi connectivity index (χ3v) is 28.2. The molecule has 10 nitrogen and oxygen atoms in total. The van der Waals surface area contributed by atoms with Gasteiger partial charge in [-0.2, -0.15) is 0 Å². The fourth-order valence-corrected chi connectivity index (χ4v) is 21.8. The van der Waals surface area contributed by atoms with E-state index in [-0.39, 0.29) is 0 Å². The monoisotopic (exact) mass is 1740 g/mol. The number of rotatable bonds is 13. The Kier molecular flexibility index (Phi) is 17.0. The number of oxazole rings is 4. The second-order valence-corrected chi connectivity index (χ2v) is 35.7. The molecule has 10 heteroatoms. The Labute approximate surface area is 781 Å².